The molecule has 0 aliphatic heterocycles. The molecule has 84 valence electrons. The van der Waals surface area contributed by atoms with Crippen LogP contribution in [0.15, 0.2) is 18.2 Å². The number of halogens is 2. The lowest BCUT2D eigenvalue weighted by atomic mass is 10.1. The molecule has 0 aliphatic rings. The molecule has 0 aromatic heterocycles. The maximum Gasteiger partial charge on any atom is 0.0823 e. The third kappa shape index (κ3) is 3.26. The van der Waals surface area contributed by atoms with Gasteiger partial charge in [-0.3, -0.25) is 0 Å². The summed E-state index contributed by atoms with van der Waals surface area (Å²) in [7, 11) is 0. The molecule has 0 saturated heterocycles. The van der Waals surface area contributed by atoms with E-state index in [9.17, 15) is 5.11 Å². The Kier molecular flexibility index (Phi) is 4.71. The molecule has 0 heterocycles. The molecule has 2 nitrogen and oxygen atoms in total. The Labute approximate surface area is 100 Å². The van der Waals surface area contributed by atoms with E-state index in [1.165, 1.54) is 0 Å². The lowest BCUT2D eigenvalue weighted by Crippen LogP contribution is -2.29. The first-order chi connectivity index (χ1) is 7.06. The van der Waals surface area contributed by atoms with Crippen LogP contribution < -0.4 is 5.32 Å². The van der Waals surface area contributed by atoms with Crippen LogP contribution in [0.1, 0.15) is 13.8 Å². The first kappa shape index (κ1) is 12.6. The fourth-order valence-corrected chi connectivity index (χ4v) is 1.59. The van der Waals surface area contributed by atoms with Gasteiger partial charge in [-0.05, 0) is 18.1 Å². The Morgan fingerprint density at radius 3 is 2.53 bits per heavy atom. The van der Waals surface area contributed by atoms with E-state index in [-0.39, 0.29) is 12.6 Å². The quantitative estimate of drug-likeness (QED) is 0.855. The Bertz CT molecular complexity index is 328. The number of benzene rings is 1. The van der Waals surface area contributed by atoms with Crippen molar-refractivity contribution in [2.24, 2.45) is 5.92 Å². The topological polar surface area (TPSA) is 32.3 Å². The number of nitrogens with one attached hydrogen (secondary N) is 1. The van der Waals surface area contributed by atoms with Crippen LogP contribution in [0.2, 0.25) is 10.0 Å². The summed E-state index contributed by atoms with van der Waals surface area (Å²) in [5, 5.41) is 13.4. The predicted octanol–water partition coefficient (Wildman–Crippen LogP) is 3.42. The van der Waals surface area contributed by atoms with Crippen molar-refractivity contribution in [1.29, 1.82) is 0 Å². The summed E-state index contributed by atoms with van der Waals surface area (Å²) < 4.78 is 0. The van der Waals surface area contributed by atoms with Crippen molar-refractivity contribution in [1.82, 2.24) is 0 Å². The molecule has 1 unspecified atom stereocenters. The molecule has 15 heavy (non-hydrogen) atoms. The molecule has 1 atom stereocenters. The molecule has 0 amide bonds. The normalized spacial score (nSPS) is 12.9. The second-order valence-electron chi connectivity index (χ2n) is 3.78. The first-order valence-corrected chi connectivity index (χ1v) is 5.63. The van der Waals surface area contributed by atoms with Crippen molar-refractivity contribution in [2.75, 3.05) is 11.9 Å². The van der Waals surface area contributed by atoms with Crippen LogP contribution in [0.5, 0.6) is 0 Å². The number of rotatable bonds is 4. The Morgan fingerprint density at radius 1 is 1.33 bits per heavy atom. The highest BCUT2D eigenvalue weighted by Crippen LogP contribution is 2.30. The Balaban J connectivity index is 2.84. The van der Waals surface area contributed by atoms with Gasteiger partial charge in [-0.15, -0.1) is 0 Å². The highest BCUT2D eigenvalue weighted by Gasteiger charge is 2.13. The standard InChI is InChI=1S/C11H15Cl2NO/c1-7(2)10(6-15)14-9-5-3-4-8(12)11(9)13/h3-5,7,10,14-15H,6H2,1-2H3. The minimum Gasteiger partial charge on any atom is -0.394 e. The van der Waals surface area contributed by atoms with Crippen molar-refractivity contribution >= 4 is 28.9 Å². The van der Waals surface area contributed by atoms with Crippen molar-refractivity contribution in [3.63, 3.8) is 0 Å². The number of hydrogen-bond acceptors (Lipinski definition) is 2. The zero-order valence-corrected chi connectivity index (χ0v) is 10.3. The van der Waals surface area contributed by atoms with Crippen molar-refractivity contribution < 1.29 is 5.11 Å². The Hall–Kier alpha value is -0.440. The van der Waals surface area contributed by atoms with Crippen molar-refractivity contribution in [3.8, 4) is 0 Å². The lowest BCUT2D eigenvalue weighted by molar-refractivity contribution is 0.249. The highest BCUT2D eigenvalue weighted by molar-refractivity contribution is 6.43. The van der Waals surface area contributed by atoms with Crippen molar-refractivity contribution in [3.05, 3.63) is 28.2 Å². The van der Waals surface area contributed by atoms with E-state index in [4.69, 9.17) is 23.2 Å². The summed E-state index contributed by atoms with van der Waals surface area (Å²) >= 11 is 11.9. The van der Waals surface area contributed by atoms with E-state index < -0.39 is 0 Å². The van der Waals surface area contributed by atoms with Crippen molar-refractivity contribution in [2.45, 2.75) is 19.9 Å². The Morgan fingerprint density at radius 2 is 2.00 bits per heavy atom. The minimum absolute atomic E-state index is 0.0130. The van der Waals surface area contributed by atoms with Gasteiger partial charge in [-0.2, -0.15) is 0 Å². The first-order valence-electron chi connectivity index (χ1n) is 4.87. The highest BCUT2D eigenvalue weighted by atomic mass is 35.5. The van der Waals surface area contributed by atoms with Crippen LogP contribution in [0, 0.1) is 5.92 Å². The molecule has 0 aliphatic carbocycles. The predicted molar refractivity (Wildman–Crippen MR) is 65.8 cm³/mol. The molecule has 0 fully saturated rings. The second-order valence-corrected chi connectivity index (χ2v) is 4.56. The molecule has 4 heteroatoms. The van der Waals surface area contributed by atoms with Crippen LogP contribution in [0.25, 0.3) is 0 Å². The summed E-state index contributed by atoms with van der Waals surface area (Å²) in [6.45, 7) is 4.14. The summed E-state index contributed by atoms with van der Waals surface area (Å²) in [4.78, 5) is 0. The molecule has 0 bridgehead atoms. The van der Waals surface area contributed by atoms with Gasteiger partial charge in [0.05, 0.1) is 28.4 Å². The van der Waals surface area contributed by atoms with E-state index in [1.54, 1.807) is 6.07 Å². The smallest absolute Gasteiger partial charge is 0.0823 e. The zero-order valence-electron chi connectivity index (χ0n) is 8.80. The molecule has 0 spiro atoms. The van der Waals surface area contributed by atoms with Crippen LogP contribution >= 0.6 is 23.2 Å². The molecular formula is C11H15Cl2NO. The fourth-order valence-electron chi connectivity index (χ4n) is 1.24. The molecule has 1 rings (SSSR count). The third-order valence-electron chi connectivity index (χ3n) is 2.29. The van der Waals surface area contributed by atoms with Crippen LogP contribution in [-0.2, 0) is 0 Å². The van der Waals surface area contributed by atoms with Gasteiger partial charge in [0.1, 0.15) is 0 Å². The SMILES string of the molecule is CC(C)C(CO)Nc1cccc(Cl)c1Cl. The average Bonchev–Trinajstić information content (AvgIpc) is 2.19. The largest absolute Gasteiger partial charge is 0.394 e. The summed E-state index contributed by atoms with van der Waals surface area (Å²) in [6.07, 6.45) is 0. The van der Waals surface area contributed by atoms with E-state index in [0.29, 0.717) is 16.0 Å². The average molecular weight is 248 g/mol. The molecule has 0 radical (unpaired) electrons. The minimum atomic E-state index is -0.0130. The molecule has 0 saturated carbocycles. The number of aliphatic hydroxyl groups excluding tert-OH is 1. The maximum absolute atomic E-state index is 9.18. The van der Waals surface area contributed by atoms with Gasteiger partial charge in [-0.1, -0.05) is 43.1 Å². The van der Waals surface area contributed by atoms with E-state index >= 15 is 0 Å². The third-order valence-corrected chi connectivity index (χ3v) is 3.11. The van der Waals surface area contributed by atoms with Gasteiger partial charge >= 0.3 is 0 Å². The van der Waals surface area contributed by atoms with E-state index in [1.807, 2.05) is 26.0 Å². The number of anilines is 1. The van der Waals surface area contributed by atoms with E-state index in [2.05, 4.69) is 5.32 Å². The van der Waals surface area contributed by atoms with Gasteiger partial charge in [0.15, 0.2) is 0 Å². The summed E-state index contributed by atoms with van der Waals surface area (Å²) in [5.41, 5.74) is 0.761. The molecule has 1 aromatic rings. The molecule has 1 aromatic carbocycles. The van der Waals surface area contributed by atoms with Gasteiger partial charge in [-0.25, -0.2) is 0 Å². The molecular weight excluding hydrogens is 233 g/mol. The summed E-state index contributed by atoms with van der Waals surface area (Å²) in [5.74, 6) is 0.324. The van der Waals surface area contributed by atoms with Crippen LogP contribution in [-0.4, -0.2) is 17.8 Å². The number of hydrogen-bond donors (Lipinski definition) is 2. The fraction of sp³-hybridized carbons (Fsp3) is 0.455. The second kappa shape index (κ2) is 5.59. The van der Waals surface area contributed by atoms with E-state index in [0.717, 1.165) is 5.69 Å². The monoisotopic (exact) mass is 247 g/mol. The zero-order chi connectivity index (χ0) is 11.4. The molecule has 2 N–H and O–H groups in total. The van der Waals surface area contributed by atoms with Gasteiger partial charge in [0.25, 0.3) is 0 Å². The van der Waals surface area contributed by atoms with Gasteiger partial charge < -0.3 is 10.4 Å². The van der Waals surface area contributed by atoms with Crippen LogP contribution in [0.3, 0.4) is 0 Å². The maximum atomic E-state index is 9.18. The number of aliphatic hydroxyl groups is 1. The van der Waals surface area contributed by atoms with Crippen LogP contribution in [0.4, 0.5) is 5.69 Å². The summed E-state index contributed by atoms with van der Waals surface area (Å²) in [6, 6.07) is 5.39. The van der Waals surface area contributed by atoms with Gasteiger partial charge in [0.2, 0.25) is 0 Å². The van der Waals surface area contributed by atoms with Gasteiger partial charge in [0, 0.05) is 0 Å². The lowest BCUT2D eigenvalue weighted by Gasteiger charge is -2.22.